The molecule has 1 N–H and O–H groups in total. The van der Waals surface area contributed by atoms with Gasteiger partial charge in [0, 0.05) is 30.5 Å². The van der Waals surface area contributed by atoms with Crippen molar-refractivity contribution in [3.63, 3.8) is 0 Å². The molecule has 0 spiro atoms. The highest BCUT2D eigenvalue weighted by Gasteiger charge is 2.24. The molecule has 2 aromatic rings. The van der Waals surface area contributed by atoms with E-state index >= 15 is 0 Å². The Bertz CT molecular complexity index is 687. The van der Waals surface area contributed by atoms with Gasteiger partial charge in [-0.05, 0) is 24.1 Å². The molecule has 22 heavy (non-hydrogen) atoms. The van der Waals surface area contributed by atoms with Gasteiger partial charge in [-0.2, -0.15) is 0 Å². The molecule has 0 saturated carbocycles. The molecule has 3 rings (SSSR count). The van der Waals surface area contributed by atoms with Gasteiger partial charge in [-0.1, -0.05) is 11.6 Å². The largest absolute Gasteiger partial charge is 0.452 e. The van der Waals surface area contributed by atoms with Gasteiger partial charge in [0.25, 0.3) is 0 Å². The van der Waals surface area contributed by atoms with E-state index < -0.39 is 6.09 Å². The first-order valence-corrected chi connectivity index (χ1v) is 7.34. The van der Waals surface area contributed by atoms with Crippen molar-refractivity contribution in [2.75, 3.05) is 30.5 Å². The van der Waals surface area contributed by atoms with Gasteiger partial charge in [0.1, 0.15) is 0 Å². The maximum atomic E-state index is 11.7. The second-order valence-electron chi connectivity index (χ2n) is 5.20. The number of methoxy groups -OCH3 is 1. The number of fused-ring (bicyclic) bond motifs is 1. The van der Waals surface area contributed by atoms with E-state index in [9.17, 15) is 4.79 Å². The molecule has 1 aliphatic heterocycles. The lowest BCUT2D eigenvalue weighted by Crippen LogP contribution is -2.26. The second-order valence-corrected chi connectivity index (χ2v) is 5.61. The number of halogens is 1. The molecule has 0 bridgehead atoms. The molecule has 0 radical (unpaired) electrons. The third kappa shape index (κ3) is 2.62. The topological polar surface area (TPSA) is 61.5 Å². The van der Waals surface area contributed by atoms with Crippen LogP contribution in [0.1, 0.15) is 11.3 Å². The summed E-state index contributed by atoms with van der Waals surface area (Å²) in [6.45, 7) is 1.62. The van der Waals surface area contributed by atoms with Crippen LogP contribution >= 0.6 is 11.6 Å². The van der Waals surface area contributed by atoms with Crippen LogP contribution in [0.25, 0.3) is 0 Å². The number of hydrogen-bond donors (Lipinski definition) is 1. The minimum atomic E-state index is -0.422. The molecule has 0 fully saturated rings. The van der Waals surface area contributed by atoms with Crippen LogP contribution in [0.4, 0.5) is 16.2 Å². The molecule has 7 heteroatoms. The molecular weight excluding hydrogens is 304 g/mol. The van der Waals surface area contributed by atoms with Gasteiger partial charge in [0.05, 0.1) is 31.4 Å². The Morgan fingerprint density at radius 1 is 1.55 bits per heavy atom. The second kappa shape index (κ2) is 5.88. The lowest BCUT2D eigenvalue weighted by Gasteiger charge is -2.22. The van der Waals surface area contributed by atoms with Crippen LogP contribution in [0.2, 0.25) is 5.02 Å². The van der Waals surface area contributed by atoms with Crippen molar-refractivity contribution >= 4 is 29.1 Å². The van der Waals surface area contributed by atoms with Gasteiger partial charge in [0.2, 0.25) is 0 Å². The molecule has 116 valence electrons. The van der Waals surface area contributed by atoms with Crippen LogP contribution in [0.15, 0.2) is 24.7 Å². The van der Waals surface area contributed by atoms with Gasteiger partial charge in [-0.3, -0.25) is 4.90 Å². The Labute approximate surface area is 133 Å². The van der Waals surface area contributed by atoms with E-state index in [-0.39, 0.29) is 0 Å². The Hall–Kier alpha value is -2.21. The summed E-state index contributed by atoms with van der Waals surface area (Å²) < 4.78 is 4.75. The lowest BCUT2D eigenvalue weighted by atomic mass is 10.1. The highest BCUT2D eigenvalue weighted by molar-refractivity contribution is 6.32. The average Bonchev–Trinajstić information content (AvgIpc) is 3.16. The minimum Gasteiger partial charge on any atom is -0.452 e. The van der Waals surface area contributed by atoms with Crippen LogP contribution in [0.3, 0.4) is 0 Å². The molecule has 1 amide bonds. The van der Waals surface area contributed by atoms with Crippen molar-refractivity contribution in [1.82, 2.24) is 9.97 Å². The van der Waals surface area contributed by atoms with Crippen molar-refractivity contribution in [1.29, 1.82) is 0 Å². The van der Waals surface area contributed by atoms with Gasteiger partial charge >= 0.3 is 6.09 Å². The molecule has 0 unspecified atom stereocenters. The Morgan fingerprint density at radius 3 is 3.05 bits per heavy atom. The maximum absolute atomic E-state index is 11.7. The number of aromatic nitrogens is 2. The van der Waals surface area contributed by atoms with E-state index in [4.69, 9.17) is 16.3 Å². The molecule has 1 aromatic carbocycles. The molecule has 6 nitrogen and oxygen atoms in total. The monoisotopic (exact) mass is 320 g/mol. The van der Waals surface area contributed by atoms with E-state index in [0.29, 0.717) is 10.7 Å². The van der Waals surface area contributed by atoms with E-state index in [0.717, 1.165) is 36.5 Å². The average molecular weight is 321 g/mol. The van der Waals surface area contributed by atoms with Crippen molar-refractivity contribution in [3.8, 4) is 0 Å². The van der Waals surface area contributed by atoms with Crippen molar-refractivity contribution < 1.29 is 9.53 Å². The van der Waals surface area contributed by atoms with Gasteiger partial charge < -0.3 is 14.6 Å². The van der Waals surface area contributed by atoms with E-state index in [1.165, 1.54) is 12.0 Å². The summed E-state index contributed by atoms with van der Waals surface area (Å²) in [4.78, 5) is 22.5. The summed E-state index contributed by atoms with van der Waals surface area (Å²) in [6, 6.07) is 3.78. The smallest absolute Gasteiger partial charge is 0.413 e. The fourth-order valence-electron chi connectivity index (χ4n) is 2.68. The molecule has 0 saturated heterocycles. The first kappa shape index (κ1) is 14.7. The molecule has 1 aromatic heterocycles. The highest BCUT2D eigenvalue weighted by atomic mass is 35.5. The third-order valence-corrected chi connectivity index (χ3v) is 4.22. The van der Waals surface area contributed by atoms with E-state index in [1.807, 2.05) is 12.3 Å². The van der Waals surface area contributed by atoms with E-state index in [2.05, 4.69) is 14.9 Å². The number of nitrogens with zero attached hydrogens (tertiary/aromatic N) is 3. The zero-order valence-electron chi connectivity index (χ0n) is 12.5. The molecule has 2 heterocycles. The van der Waals surface area contributed by atoms with Crippen LogP contribution in [0.5, 0.6) is 0 Å². The zero-order valence-corrected chi connectivity index (χ0v) is 13.2. The fourth-order valence-corrected chi connectivity index (χ4v) is 2.99. The number of aromatic amines is 1. The number of imidazole rings is 1. The first-order chi connectivity index (χ1) is 10.6. The van der Waals surface area contributed by atoms with Gasteiger partial charge in [-0.15, -0.1) is 0 Å². The summed E-state index contributed by atoms with van der Waals surface area (Å²) in [6.07, 6.45) is 3.95. The number of rotatable bonds is 3. The number of hydrogen-bond acceptors (Lipinski definition) is 4. The predicted octanol–water partition coefficient (Wildman–Crippen LogP) is 2.83. The van der Waals surface area contributed by atoms with Crippen molar-refractivity contribution in [3.05, 3.63) is 40.9 Å². The Kier molecular flexibility index (Phi) is 3.94. The number of amides is 1. The molecule has 0 atom stereocenters. The fraction of sp³-hybridized carbons (Fsp3) is 0.333. The number of nitrogens with one attached hydrogen (secondary N) is 1. The first-order valence-electron chi connectivity index (χ1n) is 6.96. The lowest BCUT2D eigenvalue weighted by molar-refractivity contribution is 0.180. The SMILES string of the molecule is COC(=O)N(C)c1cc(Cl)c2c(c1)N(Cc1cnc[nH]1)CC2. The van der Waals surface area contributed by atoms with Crippen LogP contribution < -0.4 is 9.80 Å². The van der Waals surface area contributed by atoms with E-state index in [1.54, 1.807) is 19.4 Å². The minimum absolute atomic E-state index is 0.422. The number of H-pyrrole nitrogens is 1. The number of carbonyl (C=O) groups excluding carboxylic acids is 1. The van der Waals surface area contributed by atoms with Crippen molar-refractivity contribution in [2.45, 2.75) is 13.0 Å². The zero-order chi connectivity index (χ0) is 15.7. The molecule has 1 aliphatic rings. The summed E-state index contributed by atoms with van der Waals surface area (Å²) in [5.74, 6) is 0. The summed E-state index contributed by atoms with van der Waals surface area (Å²) in [5.41, 5.74) is 3.92. The number of benzene rings is 1. The predicted molar refractivity (Wildman–Crippen MR) is 85.6 cm³/mol. The highest BCUT2D eigenvalue weighted by Crippen LogP contribution is 2.38. The standard InChI is InChI=1S/C15H17ClN4O2/c1-19(15(21)22-2)11-5-13(16)12-3-4-20(14(12)6-11)8-10-7-17-9-18-10/h5-7,9H,3-4,8H2,1-2H3,(H,17,18). The molecular formula is C15H17ClN4O2. The number of ether oxygens (including phenoxy) is 1. The summed E-state index contributed by atoms with van der Waals surface area (Å²) in [5, 5.41) is 0.676. The number of anilines is 2. The van der Waals surface area contributed by atoms with Crippen LogP contribution in [-0.2, 0) is 17.7 Å². The quantitative estimate of drug-likeness (QED) is 0.944. The summed E-state index contributed by atoms with van der Waals surface area (Å²) in [7, 11) is 3.02. The summed E-state index contributed by atoms with van der Waals surface area (Å²) >= 11 is 6.39. The third-order valence-electron chi connectivity index (χ3n) is 3.88. The molecule has 0 aliphatic carbocycles. The van der Waals surface area contributed by atoms with Gasteiger partial charge in [0.15, 0.2) is 0 Å². The van der Waals surface area contributed by atoms with Crippen molar-refractivity contribution in [2.24, 2.45) is 0 Å². The Balaban J connectivity index is 1.92. The van der Waals surface area contributed by atoms with Crippen LogP contribution in [-0.4, -0.2) is 36.8 Å². The van der Waals surface area contributed by atoms with Gasteiger partial charge in [-0.25, -0.2) is 9.78 Å². The maximum Gasteiger partial charge on any atom is 0.413 e. The Morgan fingerprint density at radius 2 is 2.36 bits per heavy atom. The van der Waals surface area contributed by atoms with Crippen LogP contribution in [0, 0.1) is 0 Å². The number of carbonyl (C=O) groups is 1. The normalized spacial score (nSPS) is 13.1.